The molecule has 9 heteroatoms. The Balaban J connectivity index is 1.85. The van der Waals surface area contributed by atoms with Crippen LogP contribution in [0.1, 0.15) is 11.1 Å². The normalized spacial score (nSPS) is 11.3. The third kappa shape index (κ3) is 4.80. The number of carbonyl (C=O) groups is 1. The van der Waals surface area contributed by atoms with Crippen LogP contribution in [-0.4, -0.2) is 24.1 Å². The van der Waals surface area contributed by atoms with Crippen molar-refractivity contribution >= 4 is 37.4 Å². The Kier molecular flexibility index (Phi) is 5.99. The summed E-state index contributed by atoms with van der Waals surface area (Å²) in [6, 6.07) is 13.7. The van der Waals surface area contributed by atoms with Crippen molar-refractivity contribution < 1.29 is 13.2 Å². The molecule has 1 amide bonds. The highest BCUT2D eigenvalue weighted by molar-refractivity contribution is 9.10. The number of aryl methyl sites for hydroxylation is 2. The second-order valence-electron chi connectivity index (χ2n) is 6.47. The van der Waals surface area contributed by atoms with Crippen LogP contribution in [0.4, 0.5) is 5.69 Å². The molecule has 7 nitrogen and oxygen atoms in total. The van der Waals surface area contributed by atoms with E-state index in [-0.39, 0.29) is 9.92 Å². The van der Waals surface area contributed by atoms with Crippen LogP contribution in [0.5, 0.6) is 0 Å². The first kappa shape index (κ1) is 20.9. The predicted octanol–water partition coefficient (Wildman–Crippen LogP) is 3.09. The van der Waals surface area contributed by atoms with Gasteiger partial charge in [-0.15, -0.1) is 0 Å². The molecule has 0 bridgehead atoms. The van der Waals surface area contributed by atoms with Gasteiger partial charge in [-0.25, -0.2) is 13.1 Å². The first-order valence-corrected chi connectivity index (χ1v) is 10.9. The van der Waals surface area contributed by atoms with Crippen molar-refractivity contribution in [3.8, 4) is 0 Å². The molecule has 29 heavy (non-hydrogen) atoms. The molecule has 150 valence electrons. The lowest BCUT2D eigenvalue weighted by Crippen LogP contribution is -2.30. The molecule has 1 heterocycles. The molecule has 0 radical (unpaired) electrons. The maximum Gasteiger partial charge on any atom is 0.267 e. The van der Waals surface area contributed by atoms with Gasteiger partial charge in [0.25, 0.3) is 5.56 Å². The number of nitrogens with one attached hydrogen (secondary N) is 1. The monoisotopic (exact) mass is 475 g/mol. The van der Waals surface area contributed by atoms with Gasteiger partial charge in [-0.1, -0.05) is 22.0 Å². The second-order valence-corrected chi connectivity index (χ2v) is 9.28. The highest BCUT2D eigenvalue weighted by atomic mass is 79.9. The standard InChI is InChI=1S/C20H18BrN3O4S/c1-13-3-6-16(11-14(13)2)22-18(25)12-24-20(26)10-9-19(23-24)29(27,28)17-7-4-15(21)5-8-17/h3-11H,12H2,1-2H3,(H,22,25). The average molecular weight is 476 g/mol. The Morgan fingerprint density at radius 3 is 2.38 bits per heavy atom. The smallest absolute Gasteiger partial charge is 0.267 e. The number of aromatic nitrogens is 2. The summed E-state index contributed by atoms with van der Waals surface area (Å²) in [7, 11) is -3.92. The van der Waals surface area contributed by atoms with E-state index in [4.69, 9.17) is 0 Å². The first-order chi connectivity index (χ1) is 13.7. The van der Waals surface area contributed by atoms with Crippen LogP contribution >= 0.6 is 15.9 Å². The summed E-state index contributed by atoms with van der Waals surface area (Å²) in [5, 5.41) is 6.28. The van der Waals surface area contributed by atoms with Crippen molar-refractivity contribution in [2.75, 3.05) is 5.32 Å². The van der Waals surface area contributed by atoms with Crippen LogP contribution in [0.2, 0.25) is 0 Å². The molecule has 1 N–H and O–H groups in total. The Labute approximate surface area is 176 Å². The summed E-state index contributed by atoms with van der Waals surface area (Å²) in [5.74, 6) is -0.485. The van der Waals surface area contributed by atoms with E-state index in [0.717, 1.165) is 32.4 Å². The average Bonchev–Trinajstić information content (AvgIpc) is 2.66. The van der Waals surface area contributed by atoms with Crippen molar-refractivity contribution in [1.29, 1.82) is 0 Å². The highest BCUT2D eigenvalue weighted by Crippen LogP contribution is 2.20. The number of hydrogen-bond donors (Lipinski definition) is 1. The molecule has 0 aliphatic heterocycles. The summed E-state index contributed by atoms with van der Waals surface area (Å²) >= 11 is 3.25. The van der Waals surface area contributed by atoms with E-state index in [1.807, 2.05) is 26.0 Å². The molecule has 1 aromatic heterocycles. The van der Waals surface area contributed by atoms with Crippen LogP contribution in [0.15, 0.2) is 73.8 Å². The summed E-state index contributed by atoms with van der Waals surface area (Å²) < 4.78 is 27.1. The molecule has 0 saturated heterocycles. The zero-order valence-corrected chi connectivity index (χ0v) is 18.1. The fraction of sp³-hybridized carbons (Fsp3) is 0.150. The number of halogens is 1. The largest absolute Gasteiger partial charge is 0.324 e. The van der Waals surface area contributed by atoms with Gasteiger partial charge in [0.15, 0.2) is 5.03 Å². The van der Waals surface area contributed by atoms with Crippen molar-refractivity contribution in [1.82, 2.24) is 9.78 Å². The molecule has 3 aromatic rings. The van der Waals surface area contributed by atoms with Gasteiger partial charge in [0.2, 0.25) is 15.7 Å². The molecule has 0 atom stereocenters. The third-order valence-electron chi connectivity index (χ3n) is 4.33. The maximum atomic E-state index is 12.8. The number of carbonyl (C=O) groups excluding carboxylic acids is 1. The van der Waals surface area contributed by atoms with Gasteiger partial charge < -0.3 is 5.32 Å². The van der Waals surface area contributed by atoms with Gasteiger partial charge >= 0.3 is 0 Å². The first-order valence-electron chi connectivity index (χ1n) is 8.63. The van der Waals surface area contributed by atoms with E-state index in [9.17, 15) is 18.0 Å². The maximum absolute atomic E-state index is 12.8. The Hall–Kier alpha value is -2.78. The summed E-state index contributed by atoms with van der Waals surface area (Å²) in [6.45, 7) is 3.48. The molecule has 0 aliphatic carbocycles. The van der Waals surface area contributed by atoms with Crippen molar-refractivity contribution in [3.63, 3.8) is 0 Å². The van der Waals surface area contributed by atoms with E-state index < -0.39 is 27.8 Å². The predicted molar refractivity (Wildman–Crippen MR) is 113 cm³/mol. The molecular weight excluding hydrogens is 458 g/mol. The van der Waals surface area contributed by atoms with Crippen LogP contribution in [0, 0.1) is 13.8 Å². The van der Waals surface area contributed by atoms with Crippen LogP contribution in [0.3, 0.4) is 0 Å². The SMILES string of the molecule is Cc1ccc(NC(=O)Cn2nc(S(=O)(=O)c3ccc(Br)cc3)ccc2=O)cc1C. The zero-order chi connectivity index (χ0) is 21.2. The summed E-state index contributed by atoms with van der Waals surface area (Å²) in [4.78, 5) is 24.5. The Morgan fingerprint density at radius 2 is 1.72 bits per heavy atom. The van der Waals surface area contributed by atoms with Gasteiger partial charge in [0.1, 0.15) is 6.54 Å². The number of anilines is 1. The molecule has 0 unspecified atom stereocenters. The van der Waals surface area contributed by atoms with E-state index in [1.165, 1.54) is 12.1 Å². The zero-order valence-electron chi connectivity index (χ0n) is 15.7. The minimum atomic E-state index is -3.92. The van der Waals surface area contributed by atoms with E-state index >= 15 is 0 Å². The van der Waals surface area contributed by atoms with Crippen LogP contribution in [-0.2, 0) is 21.2 Å². The number of benzene rings is 2. The molecule has 0 spiro atoms. The van der Waals surface area contributed by atoms with Crippen LogP contribution in [0.25, 0.3) is 0 Å². The minimum Gasteiger partial charge on any atom is -0.324 e. The summed E-state index contributed by atoms with van der Waals surface area (Å²) in [6.07, 6.45) is 0. The lowest BCUT2D eigenvalue weighted by molar-refractivity contribution is -0.117. The van der Waals surface area contributed by atoms with E-state index in [2.05, 4.69) is 26.3 Å². The lowest BCUT2D eigenvalue weighted by Gasteiger charge is -2.10. The van der Waals surface area contributed by atoms with Crippen molar-refractivity contribution in [2.45, 2.75) is 30.3 Å². The van der Waals surface area contributed by atoms with E-state index in [1.54, 1.807) is 18.2 Å². The molecule has 2 aromatic carbocycles. The minimum absolute atomic E-state index is 0.0398. The van der Waals surface area contributed by atoms with Crippen LogP contribution < -0.4 is 10.9 Å². The quantitative estimate of drug-likeness (QED) is 0.611. The number of nitrogens with zero attached hydrogens (tertiary/aromatic N) is 2. The number of amides is 1. The van der Waals surface area contributed by atoms with Gasteiger partial charge in [-0.3, -0.25) is 9.59 Å². The fourth-order valence-corrected chi connectivity index (χ4v) is 4.03. The molecule has 0 aliphatic rings. The molecule has 3 rings (SSSR count). The van der Waals surface area contributed by atoms with Crippen molar-refractivity contribution in [2.24, 2.45) is 0 Å². The lowest BCUT2D eigenvalue weighted by atomic mass is 10.1. The van der Waals surface area contributed by atoms with E-state index in [0.29, 0.717) is 5.69 Å². The van der Waals surface area contributed by atoms with Gasteiger partial charge in [0, 0.05) is 16.2 Å². The van der Waals surface area contributed by atoms with Gasteiger partial charge in [-0.2, -0.15) is 5.10 Å². The fourth-order valence-electron chi connectivity index (χ4n) is 2.58. The number of rotatable bonds is 5. The number of sulfone groups is 1. The Bertz CT molecular complexity index is 1240. The van der Waals surface area contributed by atoms with Gasteiger partial charge in [-0.05, 0) is 67.4 Å². The van der Waals surface area contributed by atoms with Crippen molar-refractivity contribution in [3.05, 3.63) is 80.6 Å². The van der Waals surface area contributed by atoms with Gasteiger partial charge in [0.05, 0.1) is 4.90 Å². The third-order valence-corrected chi connectivity index (χ3v) is 6.52. The second kappa shape index (κ2) is 8.30. The Morgan fingerprint density at radius 1 is 1.03 bits per heavy atom. The molecular formula is C20H18BrN3O4S. The topological polar surface area (TPSA) is 98.1 Å². The number of hydrogen-bond acceptors (Lipinski definition) is 5. The highest BCUT2D eigenvalue weighted by Gasteiger charge is 2.21. The molecule has 0 saturated carbocycles. The summed E-state index contributed by atoms with van der Waals surface area (Å²) in [5.41, 5.74) is 2.12. The molecule has 0 fully saturated rings.